The first kappa shape index (κ1) is 15.6. The summed E-state index contributed by atoms with van der Waals surface area (Å²) in [7, 11) is -3.76. The molecule has 0 aliphatic rings. The minimum Gasteiger partial charge on any atom is -0.380 e. The van der Waals surface area contributed by atoms with Crippen molar-refractivity contribution < 1.29 is 30.4 Å². The zero-order chi connectivity index (χ0) is 14.8. The molecular formula is C9H9F5N2O2S. The Morgan fingerprint density at radius 3 is 1.74 bits per heavy atom. The number of primary sulfonamides is 1. The first-order chi connectivity index (χ1) is 8.65. The maximum absolute atomic E-state index is 13.1. The molecular weight excluding hydrogens is 295 g/mol. The summed E-state index contributed by atoms with van der Waals surface area (Å²) in [5, 5.41) is 6.62. The van der Waals surface area contributed by atoms with Crippen molar-refractivity contribution in [3.05, 3.63) is 29.1 Å². The van der Waals surface area contributed by atoms with E-state index in [0.29, 0.717) is 0 Å². The first-order valence-corrected chi connectivity index (χ1v) is 6.62. The number of anilines is 1. The van der Waals surface area contributed by atoms with Gasteiger partial charge in [-0.25, -0.2) is 35.5 Å². The number of halogens is 5. The first-order valence-electron chi connectivity index (χ1n) is 4.91. The van der Waals surface area contributed by atoms with E-state index in [4.69, 9.17) is 0 Å². The number of benzene rings is 1. The van der Waals surface area contributed by atoms with Crippen LogP contribution in [0.2, 0.25) is 0 Å². The van der Waals surface area contributed by atoms with Gasteiger partial charge in [0.15, 0.2) is 23.3 Å². The van der Waals surface area contributed by atoms with Crippen molar-refractivity contribution in [1.29, 1.82) is 0 Å². The second kappa shape index (κ2) is 5.70. The molecule has 0 spiro atoms. The highest BCUT2D eigenvalue weighted by Crippen LogP contribution is 2.26. The lowest BCUT2D eigenvalue weighted by molar-refractivity contribution is 0.381. The molecule has 3 N–H and O–H groups in total. The molecule has 0 bridgehead atoms. The fraction of sp³-hybridized carbons (Fsp3) is 0.333. The van der Waals surface area contributed by atoms with Crippen LogP contribution in [-0.4, -0.2) is 20.7 Å². The van der Waals surface area contributed by atoms with Crippen LogP contribution in [0.4, 0.5) is 27.6 Å². The van der Waals surface area contributed by atoms with Crippen LogP contribution >= 0.6 is 0 Å². The normalized spacial score (nSPS) is 11.7. The van der Waals surface area contributed by atoms with E-state index in [1.807, 2.05) is 5.32 Å². The lowest BCUT2D eigenvalue weighted by Gasteiger charge is -2.10. The molecule has 0 heterocycles. The van der Waals surface area contributed by atoms with Crippen LogP contribution in [0.3, 0.4) is 0 Å². The molecule has 108 valence electrons. The monoisotopic (exact) mass is 304 g/mol. The Bertz CT molecular complexity index is 562. The lowest BCUT2D eigenvalue weighted by atomic mass is 10.2. The smallest absolute Gasteiger partial charge is 0.209 e. The third-order valence-corrected chi connectivity index (χ3v) is 2.97. The molecule has 0 amide bonds. The number of hydrogen-bond donors (Lipinski definition) is 2. The van der Waals surface area contributed by atoms with Crippen molar-refractivity contribution in [2.24, 2.45) is 5.14 Å². The van der Waals surface area contributed by atoms with Crippen molar-refractivity contribution in [2.75, 3.05) is 17.6 Å². The van der Waals surface area contributed by atoms with E-state index in [1.54, 1.807) is 0 Å². The summed E-state index contributed by atoms with van der Waals surface area (Å²) in [6.07, 6.45) is -0.154. The van der Waals surface area contributed by atoms with Gasteiger partial charge in [-0.3, -0.25) is 0 Å². The predicted octanol–water partition coefficient (Wildman–Crippen LogP) is 1.47. The van der Waals surface area contributed by atoms with Gasteiger partial charge >= 0.3 is 0 Å². The Hall–Kier alpha value is -1.42. The topological polar surface area (TPSA) is 72.2 Å². The lowest BCUT2D eigenvalue weighted by Crippen LogP contribution is -2.19. The predicted molar refractivity (Wildman–Crippen MR) is 57.3 cm³/mol. The Kier molecular flexibility index (Phi) is 4.69. The minimum absolute atomic E-state index is 0.154. The summed E-state index contributed by atoms with van der Waals surface area (Å²) < 4.78 is 85.7. The van der Waals surface area contributed by atoms with Crippen LogP contribution in [0.5, 0.6) is 0 Å². The van der Waals surface area contributed by atoms with Crippen molar-refractivity contribution >= 4 is 15.7 Å². The van der Waals surface area contributed by atoms with E-state index < -0.39 is 50.5 Å². The van der Waals surface area contributed by atoms with Crippen molar-refractivity contribution in [1.82, 2.24) is 0 Å². The van der Waals surface area contributed by atoms with Crippen LogP contribution < -0.4 is 10.5 Å². The molecule has 0 fully saturated rings. The van der Waals surface area contributed by atoms with Gasteiger partial charge in [0.05, 0.1) is 5.75 Å². The highest BCUT2D eigenvalue weighted by Gasteiger charge is 2.25. The molecule has 0 saturated carbocycles. The zero-order valence-corrected chi connectivity index (χ0v) is 10.1. The molecule has 0 saturated heterocycles. The van der Waals surface area contributed by atoms with E-state index in [1.165, 1.54) is 0 Å². The van der Waals surface area contributed by atoms with Gasteiger partial charge in [0.2, 0.25) is 15.8 Å². The van der Waals surface area contributed by atoms with Crippen molar-refractivity contribution in [3.63, 3.8) is 0 Å². The molecule has 19 heavy (non-hydrogen) atoms. The second-order valence-corrected chi connectivity index (χ2v) is 5.33. The molecule has 0 aromatic heterocycles. The summed E-state index contributed by atoms with van der Waals surface area (Å²) in [5.41, 5.74) is -1.20. The van der Waals surface area contributed by atoms with Gasteiger partial charge in [0.1, 0.15) is 5.69 Å². The third kappa shape index (κ3) is 3.77. The standard InChI is InChI=1S/C9H9F5N2O2S/c10-4-5(11)7(13)9(8(14)6(4)12)16-2-1-3-19(15,17)18/h16H,1-3H2,(H2,15,17,18). The molecule has 10 heteroatoms. The molecule has 0 atom stereocenters. The van der Waals surface area contributed by atoms with Crippen LogP contribution in [0.25, 0.3) is 0 Å². The zero-order valence-electron chi connectivity index (χ0n) is 9.31. The average molecular weight is 304 g/mol. The van der Waals surface area contributed by atoms with Gasteiger partial charge in [-0.1, -0.05) is 0 Å². The minimum atomic E-state index is -3.76. The SMILES string of the molecule is NS(=O)(=O)CCCNc1c(F)c(F)c(F)c(F)c1F. The van der Waals surface area contributed by atoms with E-state index in [2.05, 4.69) is 5.14 Å². The molecule has 0 aliphatic heterocycles. The molecule has 1 aromatic carbocycles. The third-order valence-electron chi connectivity index (χ3n) is 2.12. The highest BCUT2D eigenvalue weighted by atomic mass is 32.2. The Labute approximate surface area is 105 Å². The second-order valence-electron chi connectivity index (χ2n) is 3.59. The number of sulfonamides is 1. The summed E-state index contributed by atoms with van der Waals surface area (Å²) in [5.74, 6) is -10.9. The van der Waals surface area contributed by atoms with Crippen LogP contribution in [0, 0.1) is 29.1 Å². The molecule has 1 rings (SSSR count). The summed E-state index contributed by atoms with van der Waals surface area (Å²) >= 11 is 0. The van der Waals surface area contributed by atoms with E-state index >= 15 is 0 Å². The maximum atomic E-state index is 13.1. The number of rotatable bonds is 5. The molecule has 4 nitrogen and oxygen atoms in total. The van der Waals surface area contributed by atoms with Gasteiger partial charge in [-0.05, 0) is 6.42 Å². The van der Waals surface area contributed by atoms with Crippen LogP contribution in [-0.2, 0) is 10.0 Å². The number of nitrogens with one attached hydrogen (secondary N) is 1. The molecule has 0 radical (unpaired) electrons. The van der Waals surface area contributed by atoms with Gasteiger partial charge in [0, 0.05) is 6.54 Å². The van der Waals surface area contributed by atoms with E-state index in [-0.39, 0.29) is 13.0 Å². The summed E-state index contributed by atoms with van der Waals surface area (Å²) in [4.78, 5) is 0. The number of hydrogen-bond acceptors (Lipinski definition) is 3. The van der Waals surface area contributed by atoms with Crippen molar-refractivity contribution in [2.45, 2.75) is 6.42 Å². The van der Waals surface area contributed by atoms with Gasteiger partial charge in [-0.15, -0.1) is 0 Å². The Morgan fingerprint density at radius 1 is 0.895 bits per heavy atom. The fourth-order valence-corrected chi connectivity index (χ4v) is 1.79. The van der Waals surface area contributed by atoms with Crippen LogP contribution in [0.15, 0.2) is 0 Å². The summed E-state index contributed by atoms with van der Waals surface area (Å²) in [6, 6.07) is 0. The quantitative estimate of drug-likeness (QED) is 0.374. The fourth-order valence-electron chi connectivity index (χ4n) is 1.25. The summed E-state index contributed by atoms with van der Waals surface area (Å²) in [6.45, 7) is -0.325. The number of nitrogens with two attached hydrogens (primary N) is 1. The Balaban J connectivity index is 2.85. The highest BCUT2D eigenvalue weighted by molar-refractivity contribution is 7.89. The van der Waals surface area contributed by atoms with E-state index in [9.17, 15) is 30.4 Å². The Morgan fingerprint density at radius 2 is 1.32 bits per heavy atom. The van der Waals surface area contributed by atoms with Crippen molar-refractivity contribution in [3.8, 4) is 0 Å². The van der Waals surface area contributed by atoms with E-state index in [0.717, 1.165) is 0 Å². The molecule has 0 unspecified atom stereocenters. The van der Waals surface area contributed by atoms with Crippen LogP contribution in [0.1, 0.15) is 6.42 Å². The molecule has 1 aromatic rings. The maximum Gasteiger partial charge on any atom is 0.209 e. The molecule has 0 aliphatic carbocycles. The average Bonchev–Trinajstić information content (AvgIpc) is 2.32. The van der Waals surface area contributed by atoms with Gasteiger partial charge < -0.3 is 5.32 Å². The van der Waals surface area contributed by atoms with Gasteiger partial charge in [-0.2, -0.15) is 0 Å². The van der Waals surface area contributed by atoms with Gasteiger partial charge in [0.25, 0.3) is 0 Å². The largest absolute Gasteiger partial charge is 0.380 e.